The van der Waals surface area contributed by atoms with Crippen molar-refractivity contribution in [2.45, 2.75) is 25.3 Å². The zero-order valence-corrected chi connectivity index (χ0v) is 15.0. The van der Waals surface area contributed by atoms with Gasteiger partial charge in [0.25, 0.3) is 0 Å². The van der Waals surface area contributed by atoms with Crippen LogP contribution in [0.2, 0.25) is 5.02 Å². The van der Waals surface area contributed by atoms with Gasteiger partial charge < -0.3 is 9.47 Å². The van der Waals surface area contributed by atoms with Crippen LogP contribution < -0.4 is 9.47 Å². The fourth-order valence-corrected chi connectivity index (χ4v) is 4.57. The Bertz CT molecular complexity index is 867. The van der Waals surface area contributed by atoms with Gasteiger partial charge in [-0.25, -0.2) is 8.42 Å². The van der Waals surface area contributed by atoms with Crippen molar-refractivity contribution < 1.29 is 17.9 Å². The maximum Gasteiger partial charge on any atom is 0.244 e. The predicted molar refractivity (Wildman–Crippen MR) is 92.0 cm³/mol. The molecule has 1 aliphatic heterocycles. The van der Waals surface area contributed by atoms with Gasteiger partial charge in [0.15, 0.2) is 11.5 Å². The number of halogens is 1. The molecule has 0 fully saturated rings. The number of hydrogen-bond donors (Lipinski definition) is 0. The molecule has 0 aliphatic carbocycles. The summed E-state index contributed by atoms with van der Waals surface area (Å²) in [4.78, 5) is 0.123. The largest absolute Gasteiger partial charge is 0.454 e. The lowest BCUT2D eigenvalue weighted by Crippen LogP contribution is -2.30. The first-order valence-electron chi connectivity index (χ1n) is 7.56. The molecule has 0 saturated carbocycles. The van der Waals surface area contributed by atoms with Gasteiger partial charge in [0, 0.05) is 13.1 Å². The Morgan fingerprint density at radius 2 is 1.88 bits per heavy atom. The molecule has 0 spiro atoms. The van der Waals surface area contributed by atoms with Crippen molar-refractivity contribution in [3.05, 3.63) is 52.5 Å². The van der Waals surface area contributed by atoms with Crippen molar-refractivity contribution >= 4 is 21.6 Å². The van der Waals surface area contributed by atoms with Gasteiger partial charge in [0.05, 0.1) is 5.02 Å². The first-order chi connectivity index (χ1) is 11.4. The highest BCUT2D eigenvalue weighted by molar-refractivity contribution is 7.89. The number of nitrogens with zero attached hydrogens (tertiary/aromatic N) is 1. The first kappa shape index (κ1) is 17.1. The first-order valence-corrected chi connectivity index (χ1v) is 9.38. The van der Waals surface area contributed by atoms with Gasteiger partial charge in [-0.2, -0.15) is 4.31 Å². The summed E-state index contributed by atoms with van der Waals surface area (Å²) in [5.74, 6) is 1.31. The predicted octanol–water partition coefficient (Wildman–Crippen LogP) is 3.59. The average Bonchev–Trinajstić information content (AvgIpc) is 2.99. The number of rotatable bonds is 5. The Kier molecular flexibility index (Phi) is 4.71. The second kappa shape index (κ2) is 6.63. The van der Waals surface area contributed by atoms with Crippen molar-refractivity contribution in [2.75, 3.05) is 13.3 Å². The van der Waals surface area contributed by atoms with Crippen molar-refractivity contribution in [2.24, 2.45) is 0 Å². The van der Waals surface area contributed by atoms with E-state index in [0.29, 0.717) is 18.0 Å². The number of hydrogen-bond acceptors (Lipinski definition) is 4. The lowest BCUT2D eigenvalue weighted by Gasteiger charge is -2.21. The zero-order chi connectivity index (χ0) is 17.3. The molecule has 3 rings (SSSR count). The molecule has 0 atom stereocenters. The van der Waals surface area contributed by atoms with E-state index in [-0.39, 0.29) is 23.3 Å². The number of ether oxygens (including phenoxy) is 2. The highest BCUT2D eigenvalue weighted by Gasteiger charge is 2.26. The third-order valence-electron chi connectivity index (χ3n) is 3.85. The molecule has 128 valence electrons. The van der Waals surface area contributed by atoms with Crippen LogP contribution in [0.5, 0.6) is 11.5 Å². The minimum Gasteiger partial charge on any atom is -0.454 e. The summed E-state index contributed by atoms with van der Waals surface area (Å²) >= 11 is 6.15. The third-order valence-corrected chi connectivity index (χ3v) is 6.26. The highest BCUT2D eigenvalue weighted by Crippen LogP contribution is 2.33. The average molecular weight is 368 g/mol. The van der Waals surface area contributed by atoms with E-state index in [1.54, 1.807) is 37.3 Å². The number of benzene rings is 2. The van der Waals surface area contributed by atoms with Crippen molar-refractivity contribution in [3.63, 3.8) is 0 Å². The van der Waals surface area contributed by atoms with Crippen LogP contribution in [-0.4, -0.2) is 26.1 Å². The fraction of sp³-hybridized carbons (Fsp3) is 0.294. The molecule has 0 N–H and O–H groups in total. The van der Waals surface area contributed by atoms with Crippen LogP contribution in [-0.2, 0) is 16.6 Å². The topological polar surface area (TPSA) is 55.8 Å². The van der Waals surface area contributed by atoms with Crippen LogP contribution in [0.3, 0.4) is 0 Å². The van der Waals surface area contributed by atoms with Gasteiger partial charge in [-0.1, -0.05) is 30.7 Å². The van der Waals surface area contributed by atoms with Gasteiger partial charge in [0.2, 0.25) is 16.8 Å². The zero-order valence-electron chi connectivity index (χ0n) is 13.5. The maximum atomic E-state index is 12.9. The van der Waals surface area contributed by atoms with Gasteiger partial charge in [-0.05, 0) is 42.3 Å². The Morgan fingerprint density at radius 3 is 2.58 bits per heavy atom. The lowest BCUT2D eigenvalue weighted by molar-refractivity contribution is 0.174. The van der Waals surface area contributed by atoms with Gasteiger partial charge in [-0.15, -0.1) is 0 Å². The molecule has 1 heterocycles. The molecular weight excluding hydrogens is 350 g/mol. The molecule has 1 aliphatic rings. The van der Waals surface area contributed by atoms with Crippen LogP contribution in [0.25, 0.3) is 0 Å². The fourth-order valence-electron chi connectivity index (χ4n) is 2.56. The molecular formula is C17H18ClNO4S. The quantitative estimate of drug-likeness (QED) is 0.810. The highest BCUT2D eigenvalue weighted by atomic mass is 35.5. The standard InChI is InChI=1S/C17H18ClNO4S/c1-3-19(10-13-5-6-15-16(9-13)23-11-22-15)24(20,21)17-7-4-12(2)8-14(17)18/h4-9H,3,10-11H2,1-2H3. The SMILES string of the molecule is CCN(Cc1ccc2c(c1)OCO2)S(=O)(=O)c1ccc(C)cc1Cl. The Hall–Kier alpha value is -1.76. The van der Waals surface area contributed by atoms with Gasteiger partial charge in [0.1, 0.15) is 4.90 Å². The molecule has 0 bridgehead atoms. The van der Waals surface area contributed by atoms with E-state index in [9.17, 15) is 8.42 Å². The summed E-state index contributed by atoms with van der Waals surface area (Å²) in [5, 5.41) is 0.235. The molecule has 2 aromatic rings. The molecule has 24 heavy (non-hydrogen) atoms. The summed E-state index contributed by atoms with van der Waals surface area (Å²) in [5.41, 5.74) is 1.74. The van der Waals surface area contributed by atoms with Gasteiger partial charge in [-0.3, -0.25) is 0 Å². The molecule has 0 aromatic heterocycles. The summed E-state index contributed by atoms with van der Waals surface area (Å²) < 4.78 is 37.9. The van der Waals surface area contributed by atoms with Crippen LogP contribution in [0, 0.1) is 6.92 Å². The maximum absolute atomic E-state index is 12.9. The molecule has 0 amide bonds. The van der Waals surface area contributed by atoms with Gasteiger partial charge >= 0.3 is 0 Å². The Labute approximate surface area is 146 Å². The van der Waals surface area contributed by atoms with E-state index in [0.717, 1.165) is 11.1 Å². The van der Waals surface area contributed by atoms with Crippen molar-refractivity contribution in [3.8, 4) is 11.5 Å². The smallest absolute Gasteiger partial charge is 0.244 e. The summed E-state index contributed by atoms with van der Waals surface area (Å²) in [6, 6.07) is 10.4. The van der Waals surface area contributed by atoms with E-state index >= 15 is 0 Å². The second-order valence-corrected chi connectivity index (χ2v) is 7.87. The van der Waals surface area contributed by atoms with Crippen molar-refractivity contribution in [1.29, 1.82) is 0 Å². The van der Waals surface area contributed by atoms with E-state index in [1.807, 2.05) is 13.0 Å². The lowest BCUT2D eigenvalue weighted by atomic mass is 10.2. The van der Waals surface area contributed by atoms with Crippen LogP contribution in [0.1, 0.15) is 18.1 Å². The molecule has 0 saturated heterocycles. The van der Waals surface area contributed by atoms with E-state index in [4.69, 9.17) is 21.1 Å². The van der Waals surface area contributed by atoms with Crippen molar-refractivity contribution in [1.82, 2.24) is 4.31 Å². The minimum atomic E-state index is -3.68. The van der Waals surface area contributed by atoms with Crippen LogP contribution in [0.4, 0.5) is 0 Å². The molecule has 5 nitrogen and oxygen atoms in total. The van der Waals surface area contributed by atoms with Crippen LogP contribution in [0.15, 0.2) is 41.3 Å². The minimum absolute atomic E-state index is 0.123. The third kappa shape index (κ3) is 3.22. The monoisotopic (exact) mass is 367 g/mol. The summed E-state index contributed by atoms with van der Waals surface area (Å²) in [7, 11) is -3.68. The van der Waals surface area contributed by atoms with E-state index in [2.05, 4.69) is 0 Å². The second-order valence-electron chi connectivity index (χ2n) is 5.55. The molecule has 0 radical (unpaired) electrons. The summed E-state index contributed by atoms with van der Waals surface area (Å²) in [6.07, 6.45) is 0. The summed E-state index contributed by atoms with van der Waals surface area (Å²) in [6.45, 7) is 4.42. The normalized spacial score (nSPS) is 13.5. The van der Waals surface area contributed by atoms with E-state index in [1.165, 1.54) is 4.31 Å². The number of aryl methyl sites for hydroxylation is 1. The number of fused-ring (bicyclic) bond motifs is 1. The molecule has 0 unspecified atom stereocenters. The van der Waals surface area contributed by atoms with Crippen LogP contribution >= 0.6 is 11.6 Å². The Morgan fingerprint density at radius 1 is 1.12 bits per heavy atom. The Balaban J connectivity index is 1.90. The van der Waals surface area contributed by atoms with E-state index < -0.39 is 10.0 Å². The molecule has 2 aromatic carbocycles. The number of sulfonamides is 1. The molecule has 7 heteroatoms.